The van der Waals surface area contributed by atoms with Gasteiger partial charge in [-0.2, -0.15) is 17.4 Å². The molecule has 0 unspecified atom stereocenters. The Balaban J connectivity index is 1.99. The molecule has 2 atom stereocenters. The van der Waals surface area contributed by atoms with E-state index in [-0.39, 0.29) is 23.4 Å². The van der Waals surface area contributed by atoms with Crippen LogP contribution in [0, 0.1) is 0 Å². The minimum Gasteiger partial charge on any atom is -0.440 e. The number of furan rings is 1. The maximum atomic E-state index is 12.2. The Bertz CT molecular complexity index is 645. The van der Waals surface area contributed by atoms with Gasteiger partial charge in [0.15, 0.2) is 11.0 Å². The number of likely N-dealkylation sites (tertiary alicyclic amines) is 1. The molecule has 0 bridgehead atoms. The molecule has 8 nitrogen and oxygen atoms in total. The highest BCUT2D eigenvalue weighted by atomic mass is 35.5. The lowest BCUT2D eigenvalue weighted by Gasteiger charge is -2.36. The first-order valence-corrected chi connectivity index (χ1v) is 8.45. The molecule has 1 fully saturated rings. The van der Waals surface area contributed by atoms with Crippen molar-refractivity contribution >= 4 is 27.7 Å². The molecule has 1 aromatic heterocycles. The zero-order valence-electron chi connectivity index (χ0n) is 12.2. The highest BCUT2D eigenvalue weighted by Gasteiger charge is 2.34. The van der Waals surface area contributed by atoms with Crippen LogP contribution in [0.3, 0.4) is 0 Å². The monoisotopic (exact) mass is 351 g/mol. The molecule has 1 amide bonds. The maximum Gasteiger partial charge on any atom is 0.289 e. The number of carbonyl (C=O) groups excluding carboxylic acids is 1. The molecule has 2 rings (SSSR count). The Morgan fingerprint density at radius 3 is 2.68 bits per heavy atom. The molecule has 1 saturated heterocycles. The van der Waals surface area contributed by atoms with Gasteiger partial charge in [0, 0.05) is 27.2 Å². The number of hydrogen-bond acceptors (Lipinski definition) is 5. The summed E-state index contributed by atoms with van der Waals surface area (Å²) in [6.45, 7) is 0.312. The van der Waals surface area contributed by atoms with Crippen molar-refractivity contribution < 1.29 is 22.7 Å². The molecule has 1 aliphatic rings. The van der Waals surface area contributed by atoms with Gasteiger partial charge in [0.2, 0.25) is 0 Å². The number of halogens is 1. The zero-order chi connectivity index (χ0) is 16.5. The standard InChI is InChI=1S/C12H18ClN3O5S/c1-15(2)22(19,20)14-8-5-6-16(7-9(8)17)12(18)10-3-4-11(13)21-10/h3-4,8-9,14,17H,5-7H2,1-2H3/t8-,9-/m1/s1. The zero-order valence-corrected chi connectivity index (χ0v) is 13.8. The molecule has 0 saturated carbocycles. The Morgan fingerprint density at radius 1 is 1.50 bits per heavy atom. The molecular formula is C12H18ClN3O5S. The minimum absolute atomic E-state index is 0.0117. The van der Waals surface area contributed by atoms with E-state index in [0.717, 1.165) is 4.31 Å². The summed E-state index contributed by atoms with van der Waals surface area (Å²) in [5, 5.41) is 10.2. The third kappa shape index (κ3) is 3.79. The topological polar surface area (TPSA) is 103 Å². The van der Waals surface area contributed by atoms with Crippen LogP contribution in [-0.2, 0) is 10.2 Å². The fraction of sp³-hybridized carbons (Fsp3) is 0.583. The van der Waals surface area contributed by atoms with E-state index >= 15 is 0 Å². The smallest absolute Gasteiger partial charge is 0.289 e. The highest BCUT2D eigenvalue weighted by molar-refractivity contribution is 7.87. The maximum absolute atomic E-state index is 12.2. The molecule has 2 N–H and O–H groups in total. The number of carbonyl (C=O) groups is 1. The first-order chi connectivity index (χ1) is 10.2. The van der Waals surface area contributed by atoms with Gasteiger partial charge in [0.1, 0.15) is 0 Å². The highest BCUT2D eigenvalue weighted by Crippen LogP contribution is 2.19. The molecule has 22 heavy (non-hydrogen) atoms. The average molecular weight is 352 g/mol. The van der Waals surface area contributed by atoms with Gasteiger partial charge in [-0.1, -0.05) is 0 Å². The van der Waals surface area contributed by atoms with Gasteiger partial charge in [0.05, 0.1) is 12.1 Å². The SMILES string of the molecule is CN(C)S(=O)(=O)N[C@@H]1CCN(C(=O)c2ccc(Cl)o2)C[C@H]1O. The van der Waals surface area contributed by atoms with Crippen molar-refractivity contribution in [3.63, 3.8) is 0 Å². The number of β-amino-alcohol motifs (C(OH)–C–C–N with tert-alkyl or cyclic N) is 1. The Morgan fingerprint density at radius 2 is 2.18 bits per heavy atom. The quantitative estimate of drug-likeness (QED) is 0.788. The fourth-order valence-electron chi connectivity index (χ4n) is 2.14. The lowest BCUT2D eigenvalue weighted by atomic mass is 10.0. The van der Waals surface area contributed by atoms with Gasteiger partial charge in [-0.05, 0) is 30.2 Å². The molecule has 0 radical (unpaired) electrons. The van der Waals surface area contributed by atoms with E-state index in [1.165, 1.54) is 31.1 Å². The van der Waals surface area contributed by atoms with Crippen molar-refractivity contribution in [1.82, 2.24) is 13.9 Å². The molecule has 124 valence electrons. The predicted octanol–water partition coefficient (Wildman–Crippen LogP) is -0.0956. The van der Waals surface area contributed by atoms with E-state index in [2.05, 4.69) is 4.72 Å². The third-order valence-corrected chi connectivity index (χ3v) is 5.20. The van der Waals surface area contributed by atoms with E-state index in [9.17, 15) is 18.3 Å². The number of piperidine rings is 1. The van der Waals surface area contributed by atoms with Crippen LogP contribution in [0.5, 0.6) is 0 Å². The van der Waals surface area contributed by atoms with Crippen LogP contribution in [0.1, 0.15) is 17.0 Å². The average Bonchev–Trinajstić information content (AvgIpc) is 2.86. The summed E-state index contributed by atoms with van der Waals surface area (Å²) in [6.07, 6.45) is -0.702. The van der Waals surface area contributed by atoms with Crippen molar-refractivity contribution in [2.75, 3.05) is 27.2 Å². The summed E-state index contributed by atoms with van der Waals surface area (Å²) in [6, 6.07) is 2.28. The largest absolute Gasteiger partial charge is 0.440 e. The predicted molar refractivity (Wildman–Crippen MR) is 79.8 cm³/mol. The summed E-state index contributed by atoms with van der Waals surface area (Å²) in [7, 11) is -0.840. The van der Waals surface area contributed by atoms with Gasteiger partial charge >= 0.3 is 0 Å². The van der Waals surface area contributed by atoms with E-state index in [1.54, 1.807) is 0 Å². The first kappa shape index (κ1) is 17.2. The third-order valence-electron chi connectivity index (χ3n) is 3.43. The van der Waals surface area contributed by atoms with Crippen LogP contribution in [0.15, 0.2) is 16.5 Å². The summed E-state index contributed by atoms with van der Waals surface area (Å²) in [4.78, 5) is 13.6. The Kier molecular flexibility index (Phi) is 5.13. The summed E-state index contributed by atoms with van der Waals surface area (Å²) in [5.41, 5.74) is 0. The normalized spacial score (nSPS) is 23.0. The molecule has 0 aliphatic carbocycles. The van der Waals surface area contributed by atoms with Gasteiger partial charge < -0.3 is 14.4 Å². The second-order valence-corrected chi connectivity index (χ2v) is 7.51. The number of nitrogens with zero attached hydrogens (tertiary/aromatic N) is 2. The molecule has 2 heterocycles. The van der Waals surface area contributed by atoms with Crippen molar-refractivity contribution in [3.05, 3.63) is 23.1 Å². The van der Waals surface area contributed by atoms with Gasteiger partial charge in [0.25, 0.3) is 16.1 Å². The molecule has 1 aromatic rings. The van der Waals surface area contributed by atoms with Crippen molar-refractivity contribution in [2.45, 2.75) is 18.6 Å². The Hall–Kier alpha value is -1.13. The van der Waals surface area contributed by atoms with Crippen molar-refractivity contribution in [2.24, 2.45) is 0 Å². The van der Waals surface area contributed by atoms with E-state index in [4.69, 9.17) is 16.0 Å². The first-order valence-electron chi connectivity index (χ1n) is 6.63. The minimum atomic E-state index is -3.63. The van der Waals surface area contributed by atoms with Crippen LogP contribution in [0.25, 0.3) is 0 Å². The van der Waals surface area contributed by atoms with Gasteiger partial charge in [-0.25, -0.2) is 0 Å². The second kappa shape index (κ2) is 6.55. The lowest BCUT2D eigenvalue weighted by molar-refractivity contribution is 0.0343. The van der Waals surface area contributed by atoms with E-state index < -0.39 is 22.4 Å². The fourth-order valence-corrected chi connectivity index (χ4v) is 3.15. The van der Waals surface area contributed by atoms with Gasteiger partial charge in [-0.3, -0.25) is 4.79 Å². The van der Waals surface area contributed by atoms with Crippen molar-refractivity contribution in [1.29, 1.82) is 0 Å². The Labute approximate surface area is 133 Å². The molecule has 0 spiro atoms. The number of aliphatic hydroxyl groups is 1. The molecule has 1 aliphatic heterocycles. The second-order valence-electron chi connectivity index (χ2n) is 5.22. The van der Waals surface area contributed by atoms with Gasteiger partial charge in [-0.15, -0.1) is 0 Å². The molecular weight excluding hydrogens is 334 g/mol. The number of hydrogen-bond donors (Lipinski definition) is 2. The number of aliphatic hydroxyl groups excluding tert-OH is 1. The van der Waals surface area contributed by atoms with Crippen LogP contribution in [-0.4, -0.2) is 68.0 Å². The van der Waals surface area contributed by atoms with Crippen molar-refractivity contribution in [3.8, 4) is 0 Å². The molecule has 0 aromatic carbocycles. The lowest BCUT2D eigenvalue weighted by Crippen LogP contribution is -2.56. The van der Waals surface area contributed by atoms with Crippen LogP contribution in [0.4, 0.5) is 0 Å². The summed E-state index contributed by atoms with van der Waals surface area (Å²) >= 11 is 5.63. The van der Waals surface area contributed by atoms with Crippen LogP contribution >= 0.6 is 11.6 Å². The van der Waals surface area contributed by atoms with E-state index in [1.807, 2.05) is 0 Å². The number of rotatable bonds is 4. The van der Waals surface area contributed by atoms with E-state index in [0.29, 0.717) is 13.0 Å². The van der Waals surface area contributed by atoms with Crippen LogP contribution in [0.2, 0.25) is 5.22 Å². The van der Waals surface area contributed by atoms with Crippen LogP contribution < -0.4 is 4.72 Å². The molecule has 10 heteroatoms. The number of amides is 1. The summed E-state index contributed by atoms with van der Waals surface area (Å²) < 4.78 is 32.0. The summed E-state index contributed by atoms with van der Waals surface area (Å²) in [5.74, 6) is -0.301. The number of nitrogens with one attached hydrogen (secondary N) is 1.